The molecule has 0 bridgehead atoms. The van der Waals surface area contributed by atoms with E-state index in [-0.39, 0.29) is 11.2 Å². The van der Waals surface area contributed by atoms with Crippen LogP contribution in [0.4, 0.5) is 0 Å². The normalized spacial score (nSPS) is 25.1. The van der Waals surface area contributed by atoms with Crippen LogP contribution in [0.2, 0.25) is 0 Å². The second-order valence-electron chi connectivity index (χ2n) is 4.92. The van der Waals surface area contributed by atoms with Gasteiger partial charge in [-0.05, 0) is 25.2 Å². The zero-order chi connectivity index (χ0) is 10.7. The van der Waals surface area contributed by atoms with E-state index in [9.17, 15) is 4.79 Å². The summed E-state index contributed by atoms with van der Waals surface area (Å²) in [7, 11) is 0. The van der Waals surface area contributed by atoms with Gasteiger partial charge in [-0.1, -0.05) is 19.3 Å². The van der Waals surface area contributed by atoms with E-state index >= 15 is 0 Å². The number of carbonyl (C=O) groups excluding carboxylic acids is 1. The third-order valence-electron chi connectivity index (χ3n) is 3.66. The smallest absolute Gasteiger partial charge is 0.159 e. The monoisotopic (exact) mass is 208 g/mol. The average molecular weight is 208 g/mol. The van der Waals surface area contributed by atoms with Crippen molar-refractivity contribution < 1.29 is 9.53 Å². The summed E-state index contributed by atoms with van der Waals surface area (Å²) in [5, 5.41) is 0. The minimum absolute atomic E-state index is 0.259. The van der Waals surface area contributed by atoms with Crippen LogP contribution in [0.1, 0.15) is 51.9 Å². The molecule has 0 unspecified atom stereocenters. The third kappa shape index (κ3) is 2.42. The highest BCUT2D eigenvalue weighted by molar-refractivity contribution is 5.91. The summed E-state index contributed by atoms with van der Waals surface area (Å²) in [6, 6.07) is 0. The van der Waals surface area contributed by atoms with Crippen molar-refractivity contribution in [1.29, 1.82) is 0 Å². The van der Waals surface area contributed by atoms with Crippen LogP contribution in [0.3, 0.4) is 0 Å². The van der Waals surface area contributed by atoms with E-state index < -0.39 is 0 Å². The maximum absolute atomic E-state index is 11.7. The number of ketones is 1. The van der Waals surface area contributed by atoms with Crippen LogP contribution in [-0.4, -0.2) is 12.4 Å². The minimum Gasteiger partial charge on any atom is -0.498 e. The van der Waals surface area contributed by atoms with Crippen LogP contribution in [0.25, 0.3) is 0 Å². The molecule has 2 heteroatoms. The Hall–Kier alpha value is -0.790. The molecule has 0 radical (unpaired) electrons. The summed E-state index contributed by atoms with van der Waals surface area (Å²) >= 11 is 0. The van der Waals surface area contributed by atoms with Gasteiger partial charge < -0.3 is 4.74 Å². The first kappa shape index (κ1) is 10.7. The Kier molecular flexibility index (Phi) is 3.13. The summed E-state index contributed by atoms with van der Waals surface area (Å²) in [6.45, 7) is 2.66. The third-order valence-corrected chi connectivity index (χ3v) is 3.66. The van der Waals surface area contributed by atoms with E-state index in [2.05, 4.69) is 0 Å². The minimum atomic E-state index is 0.259. The van der Waals surface area contributed by atoms with Crippen LogP contribution in [0.5, 0.6) is 0 Å². The van der Waals surface area contributed by atoms with Gasteiger partial charge in [-0.3, -0.25) is 4.79 Å². The van der Waals surface area contributed by atoms with Gasteiger partial charge in [0, 0.05) is 18.9 Å². The molecule has 1 saturated carbocycles. The van der Waals surface area contributed by atoms with Crippen molar-refractivity contribution in [2.24, 2.45) is 5.41 Å². The summed E-state index contributed by atoms with van der Waals surface area (Å²) in [4.78, 5) is 11.7. The lowest BCUT2D eigenvalue weighted by Crippen LogP contribution is -2.31. The molecule has 2 aliphatic carbocycles. The van der Waals surface area contributed by atoms with Crippen LogP contribution in [0, 0.1) is 5.41 Å². The molecule has 0 heterocycles. The molecule has 15 heavy (non-hydrogen) atoms. The zero-order valence-electron chi connectivity index (χ0n) is 9.55. The molecule has 1 spiro atoms. The summed E-state index contributed by atoms with van der Waals surface area (Å²) in [5.74, 6) is 1.20. The quantitative estimate of drug-likeness (QED) is 0.696. The first-order chi connectivity index (χ1) is 7.24. The maximum atomic E-state index is 11.7. The molecule has 1 fully saturated rings. The molecule has 2 aliphatic rings. The molecule has 2 rings (SSSR count). The molecule has 0 aromatic rings. The topological polar surface area (TPSA) is 26.3 Å². The predicted octanol–water partition coefficient (Wildman–Crippen LogP) is 3.22. The molecule has 2 nitrogen and oxygen atoms in total. The molecular formula is C13H20O2. The van der Waals surface area contributed by atoms with Crippen LogP contribution >= 0.6 is 0 Å². The Morgan fingerprint density at radius 1 is 1.27 bits per heavy atom. The zero-order valence-corrected chi connectivity index (χ0v) is 9.55. The average Bonchev–Trinajstić information content (AvgIpc) is 2.17. The van der Waals surface area contributed by atoms with Crippen molar-refractivity contribution in [3.8, 4) is 0 Å². The Morgan fingerprint density at radius 2 is 2.00 bits per heavy atom. The highest BCUT2D eigenvalue weighted by Gasteiger charge is 2.37. The number of allylic oxidation sites excluding steroid dienone is 2. The molecule has 0 aromatic heterocycles. The highest BCUT2D eigenvalue weighted by Crippen LogP contribution is 2.46. The fourth-order valence-corrected chi connectivity index (χ4v) is 3.02. The fourth-order valence-electron chi connectivity index (χ4n) is 3.02. The van der Waals surface area contributed by atoms with Crippen molar-refractivity contribution in [2.75, 3.05) is 6.61 Å². The van der Waals surface area contributed by atoms with Crippen molar-refractivity contribution in [3.63, 3.8) is 0 Å². The molecular weight excluding hydrogens is 188 g/mol. The van der Waals surface area contributed by atoms with Crippen molar-refractivity contribution in [3.05, 3.63) is 11.8 Å². The SMILES string of the molecule is CCOC1=CC(=O)CC2(CCCCC2)C1. The van der Waals surface area contributed by atoms with Gasteiger partial charge in [-0.2, -0.15) is 0 Å². The van der Waals surface area contributed by atoms with Gasteiger partial charge in [0.25, 0.3) is 0 Å². The van der Waals surface area contributed by atoms with Gasteiger partial charge in [-0.15, -0.1) is 0 Å². The fraction of sp³-hybridized carbons (Fsp3) is 0.769. The predicted molar refractivity (Wildman–Crippen MR) is 59.5 cm³/mol. The number of hydrogen-bond donors (Lipinski definition) is 0. The Morgan fingerprint density at radius 3 is 2.67 bits per heavy atom. The number of hydrogen-bond acceptors (Lipinski definition) is 2. The van der Waals surface area contributed by atoms with Gasteiger partial charge >= 0.3 is 0 Å². The van der Waals surface area contributed by atoms with Crippen LogP contribution < -0.4 is 0 Å². The van der Waals surface area contributed by atoms with Gasteiger partial charge in [0.05, 0.1) is 6.61 Å². The number of rotatable bonds is 2. The van der Waals surface area contributed by atoms with E-state index in [1.807, 2.05) is 6.92 Å². The van der Waals surface area contributed by atoms with Gasteiger partial charge in [0.2, 0.25) is 0 Å². The van der Waals surface area contributed by atoms with Crippen LogP contribution in [-0.2, 0) is 9.53 Å². The summed E-state index contributed by atoms with van der Waals surface area (Å²) in [6.07, 6.45) is 9.79. The van der Waals surface area contributed by atoms with E-state index in [1.165, 1.54) is 32.1 Å². The maximum Gasteiger partial charge on any atom is 0.159 e. The second kappa shape index (κ2) is 4.38. The van der Waals surface area contributed by atoms with Crippen molar-refractivity contribution in [2.45, 2.75) is 51.9 Å². The first-order valence-electron chi connectivity index (χ1n) is 6.10. The van der Waals surface area contributed by atoms with Gasteiger partial charge in [0.15, 0.2) is 5.78 Å². The standard InChI is InChI=1S/C13H20O2/c1-2-15-12-8-11(14)9-13(10-12)6-4-3-5-7-13/h8H,2-7,9-10H2,1H3. The van der Waals surface area contributed by atoms with E-state index in [4.69, 9.17) is 4.74 Å². The second-order valence-corrected chi connectivity index (χ2v) is 4.92. The molecule has 0 atom stereocenters. The van der Waals surface area contributed by atoms with E-state index in [0.29, 0.717) is 6.61 Å². The van der Waals surface area contributed by atoms with Gasteiger partial charge in [0.1, 0.15) is 5.76 Å². The lowest BCUT2D eigenvalue weighted by molar-refractivity contribution is -0.118. The Balaban J connectivity index is 2.09. The largest absolute Gasteiger partial charge is 0.498 e. The number of ether oxygens (including phenoxy) is 1. The van der Waals surface area contributed by atoms with Crippen molar-refractivity contribution >= 4 is 5.78 Å². The number of carbonyl (C=O) groups is 1. The van der Waals surface area contributed by atoms with E-state index in [0.717, 1.165) is 18.6 Å². The van der Waals surface area contributed by atoms with Crippen molar-refractivity contribution in [1.82, 2.24) is 0 Å². The van der Waals surface area contributed by atoms with E-state index in [1.54, 1.807) is 6.08 Å². The molecule has 0 aromatic carbocycles. The lowest BCUT2D eigenvalue weighted by Gasteiger charge is -2.39. The summed E-state index contributed by atoms with van der Waals surface area (Å²) in [5.41, 5.74) is 0.259. The lowest BCUT2D eigenvalue weighted by atomic mass is 9.66. The Bertz CT molecular complexity index is 272. The molecule has 84 valence electrons. The molecule has 0 amide bonds. The molecule has 0 saturated heterocycles. The van der Waals surface area contributed by atoms with Gasteiger partial charge in [-0.25, -0.2) is 0 Å². The summed E-state index contributed by atoms with van der Waals surface area (Å²) < 4.78 is 5.52. The molecule has 0 aliphatic heterocycles. The molecule has 0 N–H and O–H groups in total. The Labute approximate surface area is 91.7 Å². The first-order valence-corrected chi connectivity index (χ1v) is 6.10. The van der Waals surface area contributed by atoms with Crippen LogP contribution in [0.15, 0.2) is 11.8 Å². The highest BCUT2D eigenvalue weighted by atomic mass is 16.5.